The third kappa shape index (κ3) is 6.13. The number of nitrogens with zero attached hydrogens (tertiary/aromatic N) is 2. The summed E-state index contributed by atoms with van der Waals surface area (Å²) in [7, 11) is -3.19. The van der Waals surface area contributed by atoms with Crippen LogP contribution in [-0.2, 0) is 10.8 Å². The molecular formula is C34H37BrF2N2O3Si. The molecule has 5 rings (SSSR count). The maximum atomic E-state index is 16.4. The molecule has 4 aromatic rings. The van der Waals surface area contributed by atoms with Crippen molar-refractivity contribution in [2.75, 3.05) is 13.2 Å². The molecule has 5 nitrogen and oxygen atoms in total. The average Bonchev–Trinajstić information content (AvgIpc) is 2.97. The van der Waals surface area contributed by atoms with Crippen LogP contribution in [0.15, 0.2) is 95.6 Å². The Kier molecular flexibility index (Phi) is 8.82. The van der Waals surface area contributed by atoms with Gasteiger partial charge >= 0.3 is 0 Å². The molecule has 2 atom stereocenters. The minimum Gasteiger partial charge on any atom is -0.504 e. The fraction of sp³-hybridized carbons (Fsp3) is 0.324. The summed E-state index contributed by atoms with van der Waals surface area (Å²) in [5.41, 5.74) is 1.69. The molecule has 0 radical (unpaired) electrons. The van der Waals surface area contributed by atoms with Crippen LogP contribution in [0.2, 0.25) is 5.04 Å². The second-order valence-electron chi connectivity index (χ2n) is 12.3. The van der Waals surface area contributed by atoms with E-state index in [9.17, 15) is 10.2 Å². The zero-order valence-corrected chi connectivity index (χ0v) is 27.4. The minimum atomic E-state index is -3.25. The lowest BCUT2D eigenvalue weighted by atomic mass is 9.85. The summed E-state index contributed by atoms with van der Waals surface area (Å²) < 4.78 is 40.1. The Balaban J connectivity index is 1.53. The molecule has 9 heteroatoms. The number of alkyl halides is 2. The monoisotopic (exact) mass is 666 g/mol. The van der Waals surface area contributed by atoms with Gasteiger partial charge in [-0.05, 0) is 68.4 Å². The van der Waals surface area contributed by atoms with E-state index in [1.165, 1.54) is 6.07 Å². The quantitative estimate of drug-likeness (QED) is 0.160. The van der Waals surface area contributed by atoms with Crippen LogP contribution in [-0.4, -0.2) is 53.5 Å². The SMILES string of the molecule is C[C@@H]1Cc2ccc(O)c(O)c2[C@@H](c2ccc(Br)cn2)N1CC(F)(F)CO[Si](c1ccccc1)(c1ccccc1)C(C)(C)C. The smallest absolute Gasteiger partial charge is 0.282 e. The fourth-order valence-corrected chi connectivity index (χ4v) is 11.2. The first-order valence-corrected chi connectivity index (χ1v) is 17.1. The summed E-state index contributed by atoms with van der Waals surface area (Å²) in [6.07, 6.45) is 2.04. The highest BCUT2D eigenvalue weighted by Crippen LogP contribution is 2.46. The average molecular weight is 668 g/mol. The molecule has 0 amide bonds. The molecule has 0 spiro atoms. The lowest BCUT2D eigenvalue weighted by molar-refractivity contribution is -0.0823. The summed E-state index contributed by atoms with van der Waals surface area (Å²) in [4.78, 5) is 6.21. The molecule has 0 bridgehead atoms. The molecule has 0 fully saturated rings. The highest BCUT2D eigenvalue weighted by molar-refractivity contribution is 9.10. The molecule has 3 aromatic carbocycles. The Morgan fingerprint density at radius 3 is 2.07 bits per heavy atom. The first-order chi connectivity index (χ1) is 20.3. The molecule has 43 heavy (non-hydrogen) atoms. The number of phenolic OH excluding ortho intramolecular Hbond substituents is 2. The Labute approximate surface area is 261 Å². The number of benzene rings is 3. The van der Waals surface area contributed by atoms with E-state index in [0.29, 0.717) is 17.7 Å². The van der Waals surface area contributed by atoms with E-state index in [4.69, 9.17) is 4.43 Å². The molecule has 1 aliphatic heterocycles. The van der Waals surface area contributed by atoms with Crippen molar-refractivity contribution in [1.82, 2.24) is 9.88 Å². The maximum absolute atomic E-state index is 16.4. The van der Waals surface area contributed by atoms with Crippen molar-refractivity contribution >= 4 is 34.6 Å². The van der Waals surface area contributed by atoms with Gasteiger partial charge in [0.05, 0.1) is 24.9 Å². The Hall–Kier alpha value is -3.11. The van der Waals surface area contributed by atoms with Crippen LogP contribution >= 0.6 is 15.9 Å². The third-order valence-corrected chi connectivity index (χ3v) is 13.8. The molecule has 2 heterocycles. The van der Waals surface area contributed by atoms with Crippen molar-refractivity contribution in [3.05, 3.63) is 112 Å². The van der Waals surface area contributed by atoms with Crippen LogP contribution in [0.5, 0.6) is 11.5 Å². The molecule has 1 aliphatic rings. The van der Waals surface area contributed by atoms with Gasteiger partial charge in [0, 0.05) is 22.3 Å². The Bertz CT molecular complexity index is 1510. The zero-order chi connectivity index (χ0) is 31.0. The number of hydrogen-bond donors (Lipinski definition) is 2. The van der Waals surface area contributed by atoms with Crippen molar-refractivity contribution < 1.29 is 23.4 Å². The third-order valence-electron chi connectivity index (χ3n) is 8.33. The summed E-state index contributed by atoms with van der Waals surface area (Å²) in [5, 5.41) is 22.8. The molecule has 0 unspecified atom stereocenters. The van der Waals surface area contributed by atoms with E-state index >= 15 is 8.78 Å². The molecular weight excluding hydrogens is 630 g/mol. The normalized spacial score (nSPS) is 17.9. The molecule has 1 aromatic heterocycles. The zero-order valence-electron chi connectivity index (χ0n) is 24.8. The van der Waals surface area contributed by atoms with Gasteiger partial charge in [0.25, 0.3) is 14.2 Å². The topological polar surface area (TPSA) is 65.8 Å². The number of rotatable bonds is 8. The van der Waals surface area contributed by atoms with E-state index in [0.717, 1.165) is 20.4 Å². The van der Waals surface area contributed by atoms with Crippen LogP contribution < -0.4 is 10.4 Å². The molecule has 0 saturated heterocycles. The fourth-order valence-electron chi connectivity index (χ4n) is 6.38. The highest BCUT2D eigenvalue weighted by Gasteiger charge is 2.52. The van der Waals surface area contributed by atoms with Crippen molar-refractivity contribution in [2.24, 2.45) is 0 Å². The van der Waals surface area contributed by atoms with Crippen LogP contribution in [0, 0.1) is 0 Å². The number of pyridine rings is 1. The van der Waals surface area contributed by atoms with Crippen LogP contribution in [0.25, 0.3) is 0 Å². The van der Waals surface area contributed by atoms with Crippen LogP contribution in [0.1, 0.15) is 50.6 Å². The van der Waals surface area contributed by atoms with Gasteiger partial charge in [-0.2, -0.15) is 0 Å². The summed E-state index contributed by atoms with van der Waals surface area (Å²) >= 11 is 3.40. The number of fused-ring (bicyclic) bond motifs is 1. The largest absolute Gasteiger partial charge is 0.504 e. The molecule has 226 valence electrons. The predicted molar refractivity (Wildman–Crippen MR) is 172 cm³/mol. The predicted octanol–water partition coefficient (Wildman–Crippen LogP) is 6.80. The lowest BCUT2D eigenvalue weighted by Crippen LogP contribution is -2.67. The Morgan fingerprint density at radius 1 is 0.930 bits per heavy atom. The summed E-state index contributed by atoms with van der Waals surface area (Å²) in [6, 6.07) is 25.1. The van der Waals surface area contributed by atoms with Crippen LogP contribution in [0.4, 0.5) is 8.78 Å². The van der Waals surface area contributed by atoms with Gasteiger partial charge in [0.1, 0.15) is 0 Å². The minimum absolute atomic E-state index is 0.294. The van der Waals surface area contributed by atoms with E-state index in [1.54, 1.807) is 29.3 Å². The first kappa shape index (κ1) is 31.3. The van der Waals surface area contributed by atoms with Gasteiger partial charge in [-0.3, -0.25) is 9.88 Å². The standard InChI is InChI=1S/C34H37BrF2N2O3Si/c1-23-19-24-15-18-29(40)32(41)30(24)31(28-17-16-25(35)20-38-28)39(23)21-34(36,37)22-42-43(33(2,3)4,26-11-7-5-8-12-26)27-13-9-6-10-14-27/h5-18,20,23,31,40-41H,19,21-22H2,1-4H3/t23-,31-/m1/s1. The number of halogens is 3. The number of aromatic nitrogens is 1. The lowest BCUT2D eigenvalue weighted by Gasteiger charge is -2.45. The summed E-state index contributed by atoms with van der Waals surface area (Å²) in [5.74, 6) is -3.85. The second kappa shape index (κ2) is 12.1. The molecule has 2 N–H and O–H groups in total. The van der Waals surface area contributed by atoms with Gasteiger partial charge < -0.3 is 14.6 Å². The van der Waals surface area contributed by atoms with E-state index in [1.807, 2.05) is 67.6 Å². The number of hydrogen-bond acceptors (Lipinski definition) is 5. The van der Waals surface area contributed by atoms with Gasteiger partial charge in [-0.15, -0.1) is 0 Å². The van der Waals surface area contributed by atoms with Gasteiger partial charge in [0.2, 0.25) is 0 Å². The van der Waals surface area contributed by atoms with Gasteiger partial charge in [-0.25, -0.2) is 8.78 Å². The van der Waals surface area contributed by atoms with Crippen molar-refractivity contribution in [2.45, 2.75) is 57.2 Å². The van der Waals surface area contributed by atoms with Crippen molar-refractivity contribution in [3.8, 4) is 11.5 Å². The Morgan fingerprint density at radius 2 is 1.53 bits per heavy atom. The van der Waals surface area contributed by atoms with E-state index in [-0.39, 0.29) is 17.5 Å². The van der Waals surface area contributed by atoms with Crippen molar-refractivity contribution in [3.63, 3.8) is 0 Å². The molecule has 0 saturated carbocycles. The number of aromatic hydroxyl groups is 2. The van der Waals surface area contributed by atoms with Crippen molar-refractivity contribution in [1.29, 1.82) is 0 Å². The summed E-state index contributed by atoms with van der Waals surface area (Å²) in [6.45, 7) is 6.69. The van der Waals surface area contributed by atoms with E-state index < -0.39 is 38.5 Å². The molecule has 0 aliphatic carbocycles. The maximum Gasteiger partial charge on any atom is 0.282 e. The van der Waals surface area contributed by atoms with E-state index in [2.05, 4.69) is 41.7 Å². The first-order valence-electron chi connectivity index (χ1n) is 14.4. The number of phenols is 2. The van der Waals surface area contributed by atoms with Gasteiger partial charge in [0.15, 0.2) is 11.5 Å². The highest BCUT2D eigenvalue weighted by atomic mass is 79.9. The second-order valence-corrected chi connectivity index (χ2v) is 17.6. The van der Waals surface area contributed by atoms with Crippen LogP contribution in [0.3, 0.4) is 0 Å². The van der Waals surface area contributed by atoms with Gasteiger partial charge in [-0.1, -0.05) is 87.5 Å².